The van der Waals surface area contributed by atoms with Crippen LogP contribution in [0.3, 0.4) is 0 Å². The van der Waals surface area contributed by atoms with Gasteiger partial charge in [-0.25, -0.2) is 0 Å². The first-order chi connectivity index (χ1) is 10.2. The average molecular weight is 302 g/mol. The van der Waals surface area contributed by atoms with Crippen molar-refractivity contribution in [2.45, 2.75) is 71.8 Å². The molecule has 0 aromatic rings. The summed E-state index contributed by atoms with van der Waals surface area (Å²) in [5.74, 6) is 1.93. The van der Waals surface area contributed by atoms with Gasteiger partial charge in [-0.15, -0.1) is 0 Å². The summed E-state index contributed by atoms with van der Waals surface area (Å²) in [7, 11) is 0. The number of aliphatic hydroxyl groups excluding tert-OH is 1. The van der Waals surface area contributed by atoms with Gasteiger partial charge in [-0.2, -0.15) is 0 Å². The van der Waals surface area contributed by atoms with E-state index in [2.05, 4.69) is 27.4 Å². The molecule has 0 aromatic carbocycles. The van der Waals surface area contributed by atoms with Crippen LogP contribution in [0.4, 0.5) is 0 Å². The minimum absolute atomic E-state index is 0.116. The second-order valence-corrected chi connectivity index (χ2v) is 9.69. The molecule has 122 valence electrons. The second-order valence-electron chi connectivity index (χ2n) is 9.69. The first-order valence-corrected chi connectivity index (χ1v) is 9.12. The third kappa shape index (κ3) is 1.63. The fourth-order valence-corrected chi connectivity index (χ4v) is 7.60. The summed E-state index contributed by atoms with van der Waals surface area (Å²) in [6, 6.07) is 0. The topological polar surface area (TPSA) is 37.3 Å². The Labute approximate surface area is 134 Å². The normalized spacial score (nSPS) is 53.1. The lowest BCUT2D eigenvalue weighted by Crippen LogP contribution is -2.59. The number of hydrogen-bond acceptors (Lipinski definition) is 2. The van der Waals surface area contributed by atoms with Crippen molar-refractivity contribution in [1.82, 2.24) is 0 Å². The Morgan fingerprint density at radius 2 is 1.77 bits per heavy atom. The minimum atomic E-state index is -0.205. The zero-order valence-corrected chi connectivity index (χ0v) is 14.3. The van der Waals surface area contributed by atoms with E-state index in [0.717, 1.165) is 50.5 Å². The first-order valence-electron chi connectivity index (χ1n) is 9.12. The van der Waals surface area contributed by atoms with Crippen LogP contribution >= 0.6 is 0 Å². The van der Waals surface area contributed by atoms with Gasteiger partial charge in [0.25, 0.3) is 0 Å². The molecule has 2 nitrogen and oxygen atoms in total. The van der Waals surface area contributed by atoms with Gasteiger partial charge in [-0.05, 0) is 79.1 Å². The van der Waals surface area contributed by atoms with Crippen LogP contribution in [0.2, 0.25) is 0 Å². The number of aliphatic hydroxyl groups is 1. The molecule has 6 atom stereocenters. The lowest BCUT2D eigenvalue weighted by molar-refractivity contribution is -0.176. The molecule has 4 rings (SSSR count). The van der Waals surface area contributed by atoms with Crippen LogP contribution in [0.5, 0.6) is 0 Å². The SMILES string of the molecule is C=C1C(=O)C23CCC4C(C)(C)CC(O)CC4(C)C2CCC1C3. The molecule has 4 saturated carbocycles. The summed E-state index contributed by atoms with van der Waals surface area (Å²) in [4.78, 5) is 13.0. The Morgan fingerprint density at radius 3 is 2.50 bits per heavy atom. The molecule has 0 radical (unpaired) electrons. The first kappa shape index (κ1) is 14.9. The van der Waals surface area contributed by atoms with Crippen LogP contribution in [0, 0.1) is 34.0 Å². The van der Waals surface area contributed by atoms with E-state index < -0.39 is 0 Å². The molecule has 0 aromatic heterocycles. The number of hydrogen-bond donors (Lipinski definition) is 1. The predicted molar refractivity (Wildman–Crippen MR) is 87.3 cm³/mol. The van der Waals surface area contributed by atoms with Crippen LogP contribution in [-0.4, -0.2) is 17.0 Å². The van der Waals surface area contributed by atoms with Crippen molar-refractivity contribution in [2.24, 2.45) is 34.0 Å². The number of fused-ring (bicyclic) bond motifs is 3. The molecule has 1 N–H and O–H groups in total. The number of Topliss-reactive ketones (excluding diaryl/α,β-unsaturated/α-hetero) is 1. The summed E-state index contributed by atoms with van der Waals surface area (Å²) >= 11 is 0. The van der Waals surface area contributed by atoms with E-state index in [1.807, 2.05) is 0 Å². The lowest BCUT2D eigenvalue weighted by Gasteiger charge is -2.63. The van der Waals surface area contributed by atoms with Gasteiger partial charge in [0.05, 0.1) is 6.10 Å². The molecule has 0 aliphatic heterocycles. The van der Waals surface area contributed by atoms with Crippen LogP contribution in [0.1, 0.15) is 65.7 Å². The zero-order valence-electron chi connectivity index (χ0n) is 14.3. The van der Waals surface area contributed by atoms with Crippen LogP contribution in [0.25, 0.3) is 0 Å². The van der Waals surface area contributed by atoms with Crippen LogP contribution in [-0.2, 0) is 4.79 Å². The monoisotopic (exact) mass is 302 g/mol. The molecule has 0 amide bonds. The number of ketones is 1. The molecular formula is C20H30O2. The molecule has 22 heavy (non-hydrogen) atoms. The zero-order chi connectivity index (χ0) is 15.9. The van der Waals surface area contributed by atoms with Crippen molar-refractivity contribution in [3.63, 3.8) is 0 Å². The Hall–Kier alpha value is -0.630. The van der Waals surface area contributed by atoms with Gasteiger partial charge < -0.3 is 5.11 Å². The largest absolute Gasteiger partial charge is 0.393 e. The highest BCUT2D eigenvalue weighted by atomic mass is 16.3. The summed E-state index contributed by atoms with van der Waals surface area (Å²) in [5.41, 5.74) is 1.09. The van der Waals surface area contributed by atoms with E-state index in [1.54, 1.807) is 0 Å². The van der Waals surface area contributed by atoms with E-state index in [0.29, 0.717) is 23.5 Å². The van der Waals surface area contributed by atoms with Gasteiger partial charge in [-0.3, -0.25) is 4.79 Å². The highest BCUT2D eigenvalue weighted by Crippen LogP contribution is 2.70. The van der Waals surface area contributed by atoms with E-state index in [-0.39, 0.29) is 22.3 Å². The van der Waals surface area contributed by atoms with Crippen molar-refractivity contribution in [2.75, 3.05) is 0 Å². The third-order valence-corrected chi connectivity index (χ3v) is 8.17. The average Bonchev–Trinajstić information content (AvgIpc) is 2.58. The Morgan fingerprint density at radius 1 is 1.05 bits per heavy atom. The molecule has 2 bridgehead atoms. The predicted octanol–water partition coefficient (Wildman–Crippen LogP) is 4.13. The van der Waals surface area contributed by atoms with Gasteiger partial charge in [-0.1, -0.05) is 27.4 Å². The maximum absolute atomic E-state index is 13.0. The lowest BCUT2D eigenvalue weighted by atomic mass is 9.41. The van der Waals surface area contributed by atoms with E-state index >= 15 is 0 Å². The van der Waals surface area contributed by atoms with E-state index in [4.69, 9.17) is 0 Å². The highest BCUT2D eigenvalue weighted by molar-refractivity contribution is 6.03. The van der Waals surface area contributed by atoms with Crippen LogP contribution in [0.15, 0.2) is 12.2 Å². The van der Waals surface area contributed by atoms with E-state index in [9.17, 15) is 9.90 Å². The number of rotatable bonds is 0. The van der Waals surface area contributed by atoms with Crippen molar-refractivity contribution >= 4 is 5.78 Å². The fourth-order valence-electron chi connectivity index (χ4n) is 7.60. The molecule has 0 saturated heterocycles. The van der Waals surface area contributed by atoms with Gasteiger partial charge in [0.1, 0.15) is 0 Å². The second kappa shape index (κ2) is 4.26. The van der Waals surface area contributed by atoms with E-state index in [1.165, 1.54) is 0 Å². The number of carbonyl (C=O) groups is 1. The van der Waals surface area contributed by atoms with Gasteiger partial charge in [0.2, 0.25) is 0 Å². The summed E-state index contributed by atoms with van der Waals surface area (Å²) in [5, 5.41) is 10.5. The maximum atomic E-state index is 13.0. The molecule has 1 spiro atoms. The number of carbonyl (C=O) groups excluding carboxylic acids is 1. The molecule has 0 heterocycles. The Bertz CT molecular complexity index is 548. The molecule has 4 aliphatic rings. The molecular weight excluding hydrogens is 272 g/mol. The fraction of sp³-hybridized carbons (Fsp3) is 0.850. The maximum Gasteiger partial charge on any atom is 0.165 e. The molecule has 2 heteroatoms. The van der Waals surface area contributed by atoms with Crippen LogP contribution < -0.4 is 0 Å². The number of allylic oxidation sites excluding steroid dienone is 1. The summed E-state index contributed by atoms with van der Waals surface area (Å²) in [6.45, 7) is 11.2. The summed E-state index contributed by atoms with van der Waals surface area (Å²) in [6.07, 6.45) is 7.15. The Balaban J connectivity index is 1.80. The standard InChI is InChI=1S/C20H30O2/c1-12-13-5-6-16-19(4)11-14(21)10-18(2,3)15(19)7-8-20(16,9-13)17(12)22/h13-16,21H,1,5-11H2,2-4H3. The smallest absolute Gasteiger partial charge is 0.165 e. The molecule has 4 fully saturated rings. The molecule has 4 aliphatic carbocycles. The van der Waals surface area contributed by atoms with Crippen molar-refractivity contribution in [1.29, 1.82) is 0 Å². The highest BCUT2D eigenvalue weighted by Gasteiger charge is 2.67. The minimum Gasteiger partial charge on any atom is -0.393 e. The quantitative estimate of drug-likeness (QED) is 0.683. The van der Waals surface area contributed by atoms with Gasteiger partial charge in [0, 0.05) is 5.41 Å². The molecule has 6 unspecified atom stereocenters. The summed E-state index contributed by atoms with van der Waals surface area (Å²) < 4.78 is 0. The van der Waals surface area contributed by atoms with Crippen molar-refractivity contribution in [3.8, 4) is 0 Å². The van der Waals surface area contributed by atoms with Gasteiger partial charge in [0.15, 0.2) is 5.78 Å². The van der Waals surface area contributed by atoms with Crippen molar-refractivity contribution < 1.29 is 9.90 Å². The van der Waals surface area contributed by atoms with Gasteiger partial charge >= 0.3 is 0 Å². The van der Waals surface area contributed by atoms with Crippen molar-refractivity contribution in [3.05, 3.63) is 12.2 Å². The third-order valence-electron chi connectivity index (χ3n) is 8.17. The Kier molecular flexibility index (Phi) is 2.89.